The molecule has 4 nitrogen and oxygen atoms in total. The van der Waals surface area contributed by atoms with Crippen LogP contribution < -0.4 is 4.90 Å². The fourth-order valence-electron chi connectivity index (χ4n) is 1.86. The first-order valence-electron chi connectivity index (χ1n) is 5.44. The third-order valence-electron chi connectivity index (χ3n) is 2.58. The van der Waals surface area contributed by atoms with Gasteiger partial charge in [-0.2, -0.15) is 0 Å². The van der Waals surface area contributed by atoms with Crippen molar-refractivity contribution in [1.29, 1.82) is 0 Å². The zero-order valence-corrected chi connectivity index (χ0v) is 11.1. The van der Waals surface area contributed by atoms with Gasteiger partial charge in [0, 0.05) is 12.2 Å². The van der Waals surface area contributed by atoms with Gasteiger partial charge in [0.05, 0.1) is 6.54 Å². The van der Waals surface area contributed by atoms with Crippen LogP contribution in [0.15, 0.2) is 24.3 Å². The van der Waals surface area contributed by atoms with Crippen molar-refractivity contribution in [3.05, 3.63) is 30.1 Å². The molecule has 0 aromatic heterocycles. The Morgan fingerprint density at radius 2 is 2.00 bits per heavy atom. The lowest BCUT2D eigenvalue weighted by atomic mass is 10.2. The lowest BCUT2D eigenvalue weighted by Crippen LogP contribution is -2.30. The Kier molecular flexibility index (Phi) is 4.93. The van der Waals surface area contributed by atoms with Gasteiger partial charge in [0.2, 0.25) is 0 Å². The Hall–Kier alpha value is -1.33. The van der Waals surface area contributed by atoms with Crippen LogP contribution in [0, 0.1) is 5.82 Å². The highest BCUT2D eigenvalue weighted by Crippen LogP contribution is 2.21. The zero-order valence-electron chi connectivity index (χ0n) is 10.3. The van der Waals surface area contributed by atoms with Crippen LogP contribution >= 0.6 is 12.4 Å². The van der Waals surface area contributed by atoms with Gasteiger partial charge in [0.15, 0.2) is 0 Å². The Morgan fingerprint density at radius 3 is 2.56 bits per heavy atom. The van der Waals surface area contributed by atoms with Gasteiger partial charge in [0.1, 0.15) is 11.9 Å². The minimum absolute atomic E-state index is 0. The van der Waals surface area contributed by atoms with E-state index < -0.39 is 0 Å². The molecule has 1 aliphatic rings. The van der Waals surface area contributed by atoms with Crippen molar-refractivity contribution in [2.45, 2.75) is 6.10 Å². The fourth-order valence-corrected chi connectivity index (χ4v) is 1.86. The maximum atomic E-state index is 12.8. The van der Waals surface area contributed by atoms with Gasteiger partial charge in [-0.15, -0.1) is 12.4 Å². The summed E-state index contributed by atoms with van der Waals surface area (Å²) in [5.74, 6) is -0.314. The number of hydrogen-bond donors (Lipinski definition) is 0. The predicted molar refractivity (Wildman–Crippen MR) is 69.8 cm³/mol. The molecule has 0 spiro atoms. The molecule has 1 fully saturated rings. The lowest BCUT2D eigenvalue weighted by Gasteiger charge is -2.14. The molecule has 0 aliphatic carbocycles. The summed E-state index contributed by atoms with van der Waals surface area (Å²) in [6.45, 7) is 1.19. The minimum Gasteiger partial charge on any atom is -0.443 e. The first kappa shape index (κ1) is 14.7. The minimum atomic E-state index is -0.372. The first-order valence-corrected chi connectivity index (χ1v) is 5.44. The number of amides is 1. The van der Waals surface area contributed by atoms with Crippen LogP contribution in [0.4, 0.5) is 14.9 Å². The monoisotopic (exact) mass is 274 g/mol. The number of anilines is 1. The normalized spacial score (nSPS) is 18.8. The van der Waals surface area contributed by atoms with Gasteiger partial charge in [-0.25, -0.2) is 9.18 Å². The van der Waals surface area contributed by atoms with E-state index in [0.29, 0.717) is 18.8 Å². The van der Waals surface area contributed by atoms with Crippen molar-refractivity contribution >= 4 is 24.2 Å². The summed E-state index contributed by atoms with van der Waals surface area (Å²) in [6.07, 6.45) is -0.508. The molecular formula is C12H16ClFN2O2. The SMILES string of the molecule is CN(C)CC1CN(c2ccc(F)cc2)C(=O)O1.Cl. The molecule has 0 N–H and O–H groups in total. The second kappa shape index (κ2) is 6.02. The number of cyclic esters (lactones) is 1. The number of likely N-dealkylation sites (N-methyl/N-ethyl adjacent to an activating group) is 1. The number of rotatable bonds is 3. The highest BCUT2D eigenvalue weighted by Gasteiger charge is 2.32. The Bertz CT molecular complexity index is 411. The maximum Gasteiger partial charge on any atom is 0.414 e. The molecule has 0 saturated carbocycles. The molecule has 2 rings (SSSR count). The van der Waals surface area contributed by atoms with E-state index in [2.05, 4.69) is 0 Å². The first-order chi connectivity index (χ1) is 8.06. The summed E-state index contributed by atoms with van der Waals surface area (Å²) >= 11 is 0. The highest BCUT2D eigenvalue weighted by atomic mass is 35.5. The fraction of sp³-hybridized carbons (Fsp3) is 0.417. The number of benzene rings is 1. The number of halogens is 2. The Morgan fingerprint density at radius 1 is 1.39 bits per heavy atom. The van der Waals surface area contributed by atoms with Gasteiger partial charge < -0.3 is 9.64 Å². The topological polar surface area (TPSA) is 32.8 Å². The molecule has 1 aliphatic heterocycles. The maximum absolute atomic E-state index is 12.8. The van der Waals surface area contributed by atoms with Crippen LogP contribution in [-0.4, -0.2) is 44.3 Å². The zero-order chi connectivity index (χ0) is 12.4. The van der Waals surface area contributed by atoms with Crippen molar-refractivity contribution < 1.29 is 13.9 Å². The van der Waals surface area contributed by atoms with Gasteiger partial charge in [-0.3, -0.25) is 4.90 Å². The van der Waals surface area contributed by atoms with Crippen LogP contribution in [0.1, 0.15) is 0 Å². The van der Waals surface area contributed by atoms with E-state index in [0.717, 1.165) is 0 Å². The molecule has 0 radical (unpaired) electrons. The summed E-state index contributed by atoms with van der Waals surface area (Å²) in [5, 5.41) is 0. The van der Waals surface area contributed by atoms with Gasteiger partial charge in [-0.05, 0) is 38.4 Å². The van der Waals surface area contributed by atoms with Gasteiger partial charge >= 0.3 is 6.09 Å². The molecule has 1 heterocycles. The van der Waals surface area contributed by atoms with E-state index in [4.69, 9.17) is 4.74 Å². The number of carbonyl (C=O) groups excluding carboxylic acids is 1. The third kappa shape index (κ3) is 3.34. The molecule has 1 amide bonds. The summed E-state index contributed by atoms with van der Waals surface area (Å²) in [5.41, 5.74) is 0.664. The molecule has 1 aromatic rings. The number of hydrogen-bond acceptors (Lipinski definition) is 3. The molecule has 1 saturated heterocycles. The van der Waals surface area contributed by atoms with E-state index in [-0.39, 0.29) is 30.4 Å². The number of ether oxygens (including phenoxy) is 1. The van der Waals surface area contributed by atoms with Crippen LogP contribution in [0.3, 0.4) is 0 Å². The Labute approximate surface area is 112 Å². The Balaban J connectivity index is 0.00000162. The van der Waals surface area contributed by atoms with Crippen molar-refractivity contribution in [2.24, 2.45) is 0 Å². The van der Waals surface area contributed by atoms with E-state index in [1.54, 1.807) is 12.1 Å². The molecule has 6 heteroatoms. The van der Waals surface area contributed by atoms with Crippen molar-refractivity contribution in [3.63, 3.8) is 0 Å². The van der Waals surface area contributed by atoms with Crippen LogP contribution in [0.25, 0.3) is 0 Å². The van der Waals surface area contributed by atoms with Gasteiger partial charge in [0.25, 0.3) is 0 Å². The van der Waals surface area contributed by atoms with Crippen molar-refractivity contribution in [1.82, 2.24) is 4.90 Å². The largest absolute Gasteiger partial charge is 0.443 e. The van der Waals surface area contributed by atoms with Crippen LogP contribution in [0.2, 0.25) is 0 Å². The summed E-state index contributed by atoms with van der Waals surface area (Å²) in [7, 11) is 3.85. The van der Waals surface area contributed by atoms with Crippen molar-refractivity contribution in [3.8, 4) is 0 Å². The van der Waals surface area contributed by atoms with Crippen molar-refractivity contribution in [2.75, 3.05) is 32.1 Å². The smallest absolute Gasteiger partial charge is 0.414 e. The van der Waals surface area contributed by atoms with Crippen LogP contribution in [0.5, 0.6) is 0 Å². The molecule has 100 valence electrons. The molecule has 1 atom stereocenters. The molecule has 0 bridgehead atoms. The third-order valence-corrected chi connectivity index (χ3v) is 2.58. The number of carbonyl (C=O) groups is 1. The van der Waals surface area contributed by atoms with Gasteiger partial charge in [-0.1, -0.05) is 0 Å². The molecule has 18 heavy (non-hydrogen) atoms. The highest BCUT2D eigenvalue weighted by molar-refractivity contribution is 5.89. The average molecular weight is 275 g/mol. The van der Waals surface area contributed by atoms with E-state index in [1.165, 1.54) is 17.0 Å². The van der Waals surface area contributed by atoms with E-state index in [9.17, 15) is 9.18 Å². The van der Waals surface area contributed by atoms with E-state index in [1.807, 2.05) is 19.0 Å². The summed E-state index contributed by atoms with van der Waals surface area (Å²) < 4.78 is 18.0. The average Bonchev–Trinajstić information content (AvgIpc) is 2.59. The van der Waals surface area contributed by atoms with Crippen LogP contribution in [-0.2, 0) is 4.74 Å². The molecular weight excluding hydrogens is 259 g/mol. The van der Waals surface area contributed by atoms with E-state index >= 15 is 0 Å². The quantitative estimate of drug-likeness (QED) is 0.847. The second-order valence-electron chi connectivity index (χ2n) is 4.36. The molecule has 1 aromatic carbocycles. The predicted octanol–water partition coefficient (Wildman–Crippen LogP) is 2.13. The summed E-state index contributed by atoms with van der Waals surface area (Å²) in [6, 6.07) is 5.83. The second-order valence-corrected chi connectivity index (χ2v) is 4.36. The summed E-state index contributed by atoms with van der Waals surface area (Å²) in [4.78, 5) is 15.1. The standard InChI is InChI=1S/C12H15FN2O2.ClH/c1-14(2)7-11-8-15(12(16)17-11)10-5-3-9(13)4-6-10;/h3-6,11H,7-8H2,1-2H3;1H. The molecule has 1 unspecified atom stereocenters. The lowest BCUT2D eigenvalue weighted by molar-refractivity contribution is 0.123. The number of nitrogens with zero attached hydrogens (tertiary/aromatic N) is 2.